The molecule has 4 heteroatoms. The molecule has 1 unspecified atom stereocenters. The van der Waals surface area contributed by atoms with Crippen molar-refractivity contribution in [2.45, 2.75) is 19.4 Å². The van der Waals surface area contributed by atoms with Crippen molar-refractivity contribution in [1.82, 2.24) is 4.90 Å². The van der Waals surface area contributed by atoms with Crippen LogP contribution >= 0.6 is 11.3 Å². The zero-order valence-corrected chi connectivity index (χ0v) is 9.01. The normalized spacial score (nSPS) is 21.9. The molecule has 14 heavy (non-hydrogen) atoms. The van der Waals surface area contributed by atoms with E-state index < -0.39 is 0 Å². The second kappa shape index (κ2) is 3.71. The van der Waals surface area contributed by atoms with Gasteiger partial charge in [-0.15, -0.1) is 11.3 Å². The van der Waals surface area contributed by atoms with Crippen molar-refractivity contribution >= 4 is 17.2 Å². The summed E-state index contributed by atoms with van der Waals surface area (Å²) in [6.45, 7) is 3.45. The number of nitrogens with two attached hydrogens (primary N) is 1. The maximum Gasteiger partial charge on any atom is 0.231 e. The summed E-state index contributed by atoms with van der Waals surface area (Å²) < 4.78 is 0. The van der Waals surface area contributed by atoms with Crippen LogP contribution in [-0.2, 0) is 11.2 Å². The molecule has 1 aliphatic heterocycles. The quantitative estimate of drug-likeness (QED) is 0.796. The molecule has 0 aromatic carbocycles. The molecular formula is C10H14N2OS. The van der Waals surface area contributed by atoms with Crippen molar-refractivity contribution in [3.63, 3.8) is 0 Å². The Kier molecular flexibility index (Phi) is 2.56. The van der Waals surface area contributed by atoms with Crippen LogP contribution < -0.4 is 5.73 Å². The lowest BCUT2D eigenvalue weighted by Gasteiger charge is -2.32. The summed E-state index contributed by atoms with van der Waals surface area (Å²) in [6, 6.07) is 2.48. The van der Waals surface area contributed by atoms with E-state index in [2.05, 4.69) is 23.3 Å². The molecule has 2 heterocycles. The van der Waals surface area contributed by atoms with Crippen LogP contribution in [0.4, 0.5) is 0 Å². The largest absolute Gasteiger partial charge is 0.369 e. The van der Waals surface area contributed by atoms with Gasteiger partial charge in [0.1, 0.15) is 0 Å². The lowest BCUT2D eigenvalue weighted by atomic mass is 10.0. The molecule has 1 aliphatic rings. The lowest BCUT2D eigenvalue weighted by Crippen LogP contribution is -2.39. The van der Waals surface area contributed by atoms with Crippen molar-refractivity contribution in [1.29, 1.82) is 0 Å². The van der Waals surface area contributed by atoms with Crippen LogP contribution in [0.3, 0.4) is 0 Å². The molecule has 76 valence electrons. The standard InChI is InChI=1S/C10H14N2OS/c1-7-8-3-5-14-9(8)2-4-12(7)6-10(11)13/h3,5,7H,2,4,6H2,1H3,(H2,11,13). The maximum atomic E-state index is 10.8. The zero-order chi connectivity index (χ0) is 10.1. The fourth-order valence-electron chi connectivity index (χ4n) is 1.98. The highest BCUT2D eigenvalue weighted by molar-refractivity contribution is 7.10. The van der Waals surface area contributed by atoms with E-state index >= 15 is 0 Å². The number of nitrogens with zero attached hydrogens (tertiary/aromatic N) is 1. The predicted molar refractivity (Wildman–Crippen MR) is 57.2 cm³/mol. The third kappa shape index (κ3) is 1.67. The SMILES string of the molecule is CC1c2ccsc2CCN1CC(N)=O. The topological polar surface area (TPSA) is 46.3 Å². The summed E-state index contributed by atoms with van der Waals surface area (Å²) in [5, 5.41) is 2.12. The zero-order valence-electron chi connectivity index (χ0n) is 8.19. The van der Waals surface area contributed by atoms with Gasteiger partial charge in [0.2, 0.25) is 5.91 Å². The van der Waals surface area contributed by atoms with Gasteiger partial charge in [0.15, 0.2) is 0 Å². The minimum Gasteiger partial charge on any atom is -0.369 e. The number of primary amides is 1. The van der Waals surface area contributed by atoms with Crippen molar-refractivity contribution in [2.24, 2.45) is 5.73 Å². The monoisotopic (exact) mass is 210 g/mol. The Bertz CT molecular complexity index is 348. The number of amides is 1. The van der Waals surface area contributed by atoms with E-state index in [-0.39, 0.29) is 5.91 Å². The first-order valence-corrected chi connectivity index (χ1v) is 5.65. The third-order valence-corrected chi connectivity index (χ3v) is 3.76. The fraction of sp³-hybridized carbons (Fsp3) is 0.500. The number of fused-ring (bicyclic) bond motifs is 1. The summed E-state index contributed by atoms with van der Waals surface area (Å²) in [5.74, 6) is -0.240. The minimum atomic E-state index is -0.240. The Morgan fingerprint density at radius 2 is 2.57 bits per heavy atom. The molecule has 0 saturated carbocycles. The average molecular weight is 210 g/mol. The van der Waals surface area contributed by atoms with E-state index in [0.29, 0.717) is 12.6 Å². The van der Waals surface area contributed by atoms with Gasteiger partial charge in [-0.1, -0.05) is 0 Å². The molecule has 0 fully saturated rings. The number of hydrogen-bond donors (Lipinski definition) is 1. The highest BCUT2D eigenvalue weighted by Crippen LogP contribution is 2.32. The van der Waals surface area contributed by atoms with E-state index in [1.54, 1.807) is 0 Å². The minimum absolute atomic E-state index is 0.240. The van der Waals surface area contributed by atoms with Crippen LogP contribution in [0.1, 0.15) is 23.4 Å². The van der Waals surface area contributed by atoms with Crippen molar-refractivity contribution in [3.05, 3.63) is 21.9 Å². The van der Waals surface area contributed by atoms with Gasteiger partial charge in [0, 0.05) is 17.5 Å². The van der Waals surface area contributed by atoms with Crippen molar-refractivity contribution in [2.75, 3.05) is 13.1 Å². The number of hydrogen-bond acceptors (Lipinski definition) is 3. The number of thiophene rings is 1. The molecule has 0 saturated heterocycles. The highest BCUT2D eigenvalue weighted by Gasteiger charge is 2.25. The van der Waals surface area contributed by atoms with Crippen LogP contribution in [0.5, 0.6) is 0 Å². The summed E-state index contributed by atoms with van der Waals surface area (Å²) in [5.41, 5.74) is 6.57. The average Bonchev–Trinajstić information content (AvgIpc) is 2.57. The smallest absolute Gasteiger partial charge is 0.231 e. The molecule has 0 aliphatic carbocycles. The number of carbonyl (C=O) groups is 1. The first-order chi connectivity index (χ1) is 6.68. The van der Waals surface area contributed by atoms with E-state index in [9.17, 15) is 4.79 Å². The molecule has 2 rings (SSSR count). The van der Waals surface area contributed by atoms with Gasteiger partial charge in [-0.05, 0) is 30.4 Å². The Morgan fingerprint density at radius 3 is 3.29 bits per heavy atom. The third-order valence-electron chi connectivity index (χ3n) is 2.76. The van der Waals surface area contributed by atoms with E-state index in [0.717, 1.165) is 13.0 Å². The van der Waals surface area contributed by atoms with E-state index in [1.807, 2.05) is 11.3 Å². The second-order valence-corrected chi connectivity index (χ2v) is 4.66. The van der Waals surface area contributed by atoms with Gasteiger partial charge in [0.05, 0.1) is 6.54 Å². The Hall–Kier alpha value is -0.870. The number of rotatable bonds is 2. The fourth-order valence-corrected chi connectivity index (χ4v) is 2.94. The molecule has 1 amide bonds. The van der Waals surface area contributed by atoms with Gasteiger partial charge in [-0.3, -0.25) is 9.69 Å². The maximum absolute atomic E-state index is 10.8. The van der Waals surface area contributed by atoms with Crippen LogP contribution in [0, 0.1) is 0 Å². The van der Waals surface area contributed by atoms with Gasteiger partial charge < -0.3 is 5.73 Å². The Balaban J connectivity index is 2.16. The summed E-state index contributed by atoms with van der Waals surface area (Å²) in [6.07, 6.45) is 1.05. The molecule has 0 bridgehead atoms. The molecule has 1 aromatic rings. The molecule has 3 nitrogen and oxygen atoms in total. The van der Waals surface area contributed by atoms with E-state index in [4.69, 9.17) is 5.73 Å². The molecule has 2 N–H and O–H groups in total. The van der Waals surface area contributed by atoms with E-state index in [1.165, 1.54) is 10.4 Å². The molecule has 0 spiro atoms. The molecular weight excluding hydrogens is 196 g/mol. The highest BCUT2D eigenvalue weighted by atomic mass is 32.1. The summed E-state index contributed by atoms with van der Waals surface area (Å²) in [7, 11) is 0. The predicted octanol–water partition coefficient (Wildman–Crippen LogP) is 1.15. The van der Waals surface area contributed by atoms with Crippen molar-refractivity contribution < 1.29 is 4.79 Å². The first kappa shape index (κ1) is 9.68. The van der Waals surface area contributed by atoms with Gasteiger partial charge in [-0.2, -0.15) is 0 Å². The first-order valence-electron chi connectivity index (χ1n) is 4.77. The summed E-state index contributed by atoms with van der Waals surface area (Å²) in [4.78, 5) is 14.4. The number of carbonyl (C=O) groups excluding carboxylic acids is 1. The van der Waals surface area contributed by atoms with Crippen LogP contribution in [0.2, 0.25) is 0 Å². The van der Waals surface area contributed by atoms with Crippen molar-refractivity contribution in [3.8, 4) is 0 Å². The molecule has 1 atom stereocenters. The summed E-state index contributed by atoms with van der Waals surface area (Å²) >= 11 is 1.81. The lowest BCUT2D eigenvalue weighted by molar-refractivity contribution is -0.119. The van der Waals surface area contributed by atoms with Crippen LogP contribution in [0.25, 0.3) is 0 Å². The molecule has 0 radical (unpaired) electrons. The van der Waals surface area contributed by atoms with Gasteiger partial charge in [0.25, 0.3) is 0 Å². The second-order valence-electron chi connectivity index (χ2n) is 3.66. The van der Waals surface area contributed by atoms with Crippen LogP contribution in [0.15, 0.2) is 11.4 Å². The van der Waals surface area contributed by atoms with Gasteiger partial charge >= 0.3 is 0 Å². The Morgan fingerprint density at radius 1 is 1.79 bits per heavy atom. The Labute approximate surface area is 87.5 Å². The van der Waals surface area contributed by atoms with Gasteiger partial charge in [-0.25, -0.2) is 0 Å². The molecule has 1 aromatic heterocycles. The van der Waals surface area contributed by atoms with Crippen LogP contribution in [-0.4, -0.2) is 23.9 Å².